The van der Waals surface area contributed by atoms with Crippen molar-refractivity contribution in [3.05, 3.63) is 17.7 Å². The molecule has 0 aromatic heterocycles. The van der Waals surface area contributed by atoms with Crippen molar-refractivity contribution in [1.82, 2.24) is 0 Å². The maximum Gasteiger partial charge on any atom is 0.203 e. The van der Waals surface area contributed by atoms with E-state index in [1.165, 1.54) is 0 Å². The van der Waals surface area contributed by atoms with E-state index in [0.29, 0.717) is 23.7 Å². The van der Waals surface area contributed by atoms with Crippen LogP contribution in [0.25, 0.3) is 0 Å². The molecule has 0 spiro atoms. The van der Waals surface area contributed by atoms with Crippen molar-refractivity contribution in [3.8, 4) is 17.2 Å². The van der Waals surface area contributed by atoms with Crippen LogP contribution in [0.4, 0.5) is 0 Å². The molecule has 4 nitrogen and oxygen atoms in total. The van der Waals surface area contributed by atoms with Crippen LogP contribution in [0.2, 0.25) is 0 Å². The van der Waals surface area contributed by atoms with Gasteiger partial charge < -0.3 is 19.9 Å². The van der Waals surface area contributed by atoms with E-state index in [9.17, 15) is 0 Å². The number of benzene rings is 1. The molecule has 0 aliphatic carbocycles. The molecule has 0 radical (unpaired) electrons. The van der Waals surface area contributed by atoms with Gasteiger partial charge in [0, 0.05) is 7.39 Å². The summed E-state index contributed by atoms with van der Waals surface area (Å²) >= 11 is 0. The van der Waals surface area contributed by atoms with Crippen molar-refractivity contribution in [2.75, 3.05) is 21.3 Å². The molecule has 0 bridgehead atoms. The molecule has 0 fully saturated rings. The van der Waals surface area contributed by atoms with Crippen LogP contribution >= 0.6 is 0 Å². The lowest BCUT2D eigenvalue weighted by molar-refractivity contribution is 0.323. The van der Waals surface area contributed by atoms with Crippen molar-refractivity contribution < 1.29 is 15.6 Å². The first-order valence-corrected chi connectivity index (χ1v) is 4.99. The Morgan fingerprint density at radius 1 is 1.19 bits per heavy atom. The molecule has 16 heavy (non-hydrogen) atoms. The molecule has 1 aromatic carbocycles. The highest BCUT2D eigenvalue weighted by Crippen LogP contribution is 2.38. The molecule has 4 heteroatoms. The van der Waals surface area contributed by atoms with E-state index in [2.05, 4.69) is 0 Å². The fourth-order valence-electron chi connectivity index (χ4n) is 1.56. The van der Waals surface area contributed by atoms with E-state index in [4.69, 9.17) is 21.3 Å². The van der Waals surface area contributed by atoms with Gasteiger partial charge >= 0.3 is 0 Å². The lowest BCUT2D eigenvalue weighted by Gasteiger charge is -2.14. The zero-order valence-electron chi connectivity index (χ0n) is 11.2. The zero-order valence-corrected chi connectivity index (χ0v) is 10.2. The Hall–Kier alpha value is -1.42. The summed E-state index contributed by atoms with van der Waals surface area (Å²) in [7, 11) is 4.67. The number of hydrogen-bond donors (Lipinski definition) is 1. The normalized spacial score (nSPS) is 14.9. The molecular weight excluding hydrogens is 206 g/mol. The summed E-state index contributed by atoms with van der Waals surface area (Å²) in [6.07, 6.45) is 0.406. The predicted octanol–water partition coefficient (Wildman–Crippen LogP) is 1.60. The Morgan fingerprint density at radius 2 is 1.69 bits per heavy atom. The van der Waals surface area contributed by atoms with E-state index in [1.807, 2.05) is 0 Å². The molecule has 0 saturated carbocycles. The van der Waals surface area contributed by atoms with Crippen molar-refractivity contribution in [1.29, 1.82) is 0 Å². The molecule has 1 atom stereocenters. The summed E-state index contributed by atoms with van der Waals surface area (Å²) in [4.78, 5) is 0. The number of hydrogen-bond acceptors (Lipinski definition) is 4. The maximum atomic E-state index is 7.69. The average molecular weight is 226 g/mol. The minimum Gasteiger partial charge on any atom is -0.493 e. The van der Waals surface area contributed by atoms with Crippen LogP contribution in [0.5, 0.6) is 17.2 Å². The maximum absolute atomic E-state index is 7.69. The Bertz CT molecular complexity index is 363. The quantitative estimate of drug-likeness (QED) is 0.828. The lowest BCUT2D eigenvalue weighted by Crippen LogP contribution is -2.17. The van der Waals surface area contributed by atoms with Gasteiger partial charge in [-0.1, -0.05) is 0 Å². The molecule has 1 aromatic rings. The van der Waals surface area contributed by atoms with E-state index in [1.54, 1.807) is 40.4 Å². The Kier molecular flexibility index (Phi) is 3.88. The Balaban J connectivity index is 3.18. The third-order valence-corrected chi connectivity index (χ3v) is 2.21. The summed E-state index contributed by atoms with van der Waals surface area (Å²) in [6, 6.07) is 2.59. The van der Waals surface area contributed by atoms with Gasteiger partial charge in [0.05, 0.1) is 21.3 Å². The van der Waals surface area contributed by atoms with E-state index in [-0.39, 0.29) is 0 Å². The highest BCUT2D eigenvalue weighted by Gasteiger charge is 2.13. The smallest absolute Gasteiger partial charge is 0.203 e. The van der Waals surface area contributed by atoms with Crippen molar-refractivity contribution >= 4 is 0 Å². The molecule has 90 valence electrons. The number of nitrogens with two attached hydrogens (primary N) is 1. The minimum absolute atomic E-state index is 0.406. The summed E-state index contributed by atoms with van der Waals surface area (Å²) in [6.45, 7) is 1.65. The Labute approximate surface area is 97.7 Å². The fraction of sp³-hybridized carbons (Fsp3) is 0.500. The van der Waals surface area contributed by atoms with Crippen molar-refractivity contribution in [2.45, 2.75) is 19.4 Å². The van der Waals surface area contributed by atoms with Crippen LogP contribution in [0.3, 0.4) is 0 Å². The lowest BCUT2D eigenvalue weighted by atomic mass is 10.1. The van der Waals surface area contributed by atoms with E-state index in [0.717, 1.165) is 5.56 Å². The molecule has 0 heterocycles. The molecule has 0 aliphatic rings. The number of methoxy groups -OCH3 is 3. The standard InChI is InChI=1S/C12H19NO3/c1-8(13)5-9-6-10(14-2)12(16-4)11(7-9)15-3/h6-8H,5,13H2,1-4H3/i8D. The van der Waals surface area contributed by atoms with Crippen LogP contribution in [-0.2, 0) is 6.42 Å². The second-order valence-corrected chi connectivity index (χ2v) is 3.56. The zero-order chi connectivity index (χ0) is 13.1. The van der Waals surface area contributed by atoms with Crippen LogP contribution in [0, 0.1) is 0 Å². The van der Waals surface area contributed by atoms with Crippen molar-refractivity contribution in [3.63, 3.8) is 0 Å². The number of rotatable bonds is 5. The van der Waals surface area contributed by atoms with Crippen molar-refractivity contribution in [2.24, 2.45) is 5.73 Å². The Morgan fingerprint density at radius 3 is 2.00 bits per heavy atom. The summed E-state index contributed by atoms with van der Waals surface area (Å²) < 4.78 is 23.4. The molecule has 1 rings (SSSR count). The van der Waals surface area contributed by atoms with Gasteiger partial charge in [-0.2, -0.15) is 0 Å². The van der Waals surface area contributed by atoms with E-state index >= 15 is 0 Å². The average Bonchev–Trinajstić information content (AvgIpc) is 2.25. The highest BCUT2D eigenvalue weighted by molar-refractivity contribution is 5.53. The monoisotopic (exact) mass is 226 g/mol. The molecule has 2 N–H and O–H groups in total. The summed E-state index contributed by atoms with van der Waals surface area (Å²) in [5.41, 5.74) is 6.55. The number of ether oxygens (including phenoxy) is 3. The van der Waals surface area contributed by atoms with Crippen LogP contribution in [-0.4, -0.2) is 27.3 Å². The SMILES string of the molecule is [2H]C(C)(N)Cc1cc(OC)c(OC)c(OC)c1. The first-order valence-electron chi connectivity index (χ1n) is 5.49. The topological polar surface area (TPSA) is 53.7 Å². The molecule has 0 aliphatic heterocycles. The molecule has 1 unspecified atom stereocenters. The van der Waals surface area contributed by atoms with Gasteiger partial charge in [0.15, 0.2) is 11.5 Å². The fourth-order valence-corrected chi connectivity index (χ4v) is 1.56. The van der Waals surface area contributed by atoms with Gasteiger partial charge in [0.2, 0.25) is 5.75 Å². The first kappa shape index (κ1) is 11.1. The second-order valence-electron chi connectivity index (χ2n) is 3.56. The highest BCUT2D eigenvalue weighted by atomic mass is 16.5. The van der Waals surface area contributed by atoms with Gasteiger partial charge in [0.25, 0.3) is 0 Å². The van der Waals surface area contributed by atoms with Crippen LogP contribution < -0.4 is 19.9 Å². The molecule has 0 saturated heterocycles. The largest absolute Gasteiger partial charge is 0.493 e. The first-order chi connectivity index (χ1) is 7.91. The summed E-state index contributed by atoms with van der Waals surface area (Å²) in [5.74, 6) is 1.69. The van der Waals surface area contributed by atoms with Crippen LogP contribution in [0.15, 0.2) is 12.1 Å². The van der Waals surface area contributed by atoms with E-state index < -0.39 is 6.02 Å². The minimum atomic E-state index is -1.02. The predicted molar refractivity (Wildman–Crippen MR) is 63.5 cm³/mol. The van der Waals surface area contributed by atoms with Gasteiger partial charge in [-0.25, -0.2) is 0 Å². The van der Waals surface area contributed by atoms with Crippen LogP contribution in [0.1, 0.15) is 13.9 Å². The van der Waals surface area contributed by atoms with Gasteiger partial charge in [-0.05, 0) is 31.0 Å². The molecule has 0 amide bonds. The summed E-state index contributed by atoms with van der Waals surface area (Å²) in [5, 5.41) is 0. The second kappa shape index (κ2) is 5.61. The third-order valence-electron chi connectivity index (χ3n) is 2.21. The molecular formula is C12H19NO3. The van der Waals surface area contributed by atoms with Gasteiger partial charge in [-0.15, -0.1) is 0 Å². The van der Waals surface area contributed by atoms with Gasteiger partial charge in [-0.3, -0.25) is 0 Å². The third kappa shape index (κ3) is 2.79. The van der Waals surface area contributed by atoms with Gasteiger partial charge in [0.1, 0.15) is 0 Å².